The summed E-state index contributed by atoms with van der Waals surface area (Å²) in [4.78, 5) is 14.1. The number of carbonyl (C=O) groups excluding carboxylic acids is 1. The van der Waals surface area contributed by atoms with Gasteiger partial charge in [0.15, 0.2) is 0 Å². The summed E-state index contributed by atoms with van der Waals surface area (Å²) in [6, 6.07) is 8.07. The molecule has 1 aromatic carbocycles. The molecule has 1 aromatic rings. The molecule has 0 radical (unpaired) electrons. The first-order valence-corrected chi connectivity index (χ1v) is 10.9. The molecule has 0 bridgehead atoms. The number of nitrogens with one attached hydrogen (secondary N) is 1. The standard InChI is InChI=1S/C13H19N3O.C9H20.C2H6/c14-13-4-1-3-12(9-13)10-15-5-2-6-16(11-17)8-7-15;1-8(2,3)7-9(4,5)6;1-2/h1,3-4,9,11H,2,5-8,10,14H2;7H2,1-6H3;1-2H3/p+1. The van der Waals surface area contributed by atoms with E-state index in [4.69, 9.17) is 5.73 Å². The predicted molar refractivity (Wildman–Crippen MR) is 122 cm³/mol. The van der Waals surface area contributed by atoms with Crippen molar-refractivity contribution in [1.82, 2.24) is 4.90 Å². The lowest BCUT2D eigenvalue weighted by Crippen LogP contribution is -3.11. The number of hydrogen-bond acceptors (Lipinski definition) is 2. The number of nitrogens with two attached hydrogens (primary N) is 1. The molecule has 2 rings (SSSR count). The lowest BCUT2D eigenvalue weighted by molar-refractivity contribution is -0.911. The molecule has 3 N–H and O–H groups in total. The van der Waals surface area contributed by atoms with E-state index in [0.717, 1.165) is 51.2 Å². The van der Waals surface area contributed by atoms with Gasteiger partial charge < -0.3 is 15.5 Å². The molecular weight excluding hydrogens is 346 g/mol. The third kappa shape index (κ3) is 13.6. The Labute approximate surface area is 174 Å². The number of nitrogens with zero attached hydrogens (tertiary/aromatic N) is 1. The molecule has 0 aliphatic carbocycles. The molecule has 4 heteroatoms. The number of quaternary nitrogens is 1. The van der Waals surface area contributed by atoms with Gasteiger partial charge in [-0.2, -0.15) is 0 Å². The van der Waals surface area contributed by atoms with Crippen LogP contribution in [0.4, 0.5) is 5.69 Å². The number of rotatable bonds is 3. The highest BCUT2D eigenvalue weighted by Crippen LogP contribution is 2.31. The minimum atomic E-state index is 0.484. The summed E-state index contributed by atoms with van der Waals surface area (Å²) >= 11 is 0. The SMILES string of the molecule is CC.CC(C)(C)CC(C)(C)C.Nc1cccc(C[NH+]2CCCN(C=O)CC2)c1. The first kappa shape index (κ1) is 26.4. The molecule has 1 heterocycles. The highest BCUT2D eigenvalue weighted by Gasteiger charge is 2.20. The highest BCUT2D eigenvalue weighted by atomic mass is 16.1. The van der Waals surface area contributed by atoms with E-state index in [1.54, 1.807) is 0 Å². The van der Waals surface area contributed by atoms with Gasteiger partial charge in [0, 0.05) is 24.2 Å². The second-order valence-corrected chi connectivity index (χ2v) is 9.96. The number of carbonyl (C=O) groups is 1. The van der Waals surface area contributed by atoms with E-state index in [1.165, 1.54) is 16.9 Å². The molecule has 1 fully saturated rings. The van der Waals surface area contributed by atoms with Crippen LogP contribution in [-0.2, 0) is 11.3 Å². The summed E-state index contributed by atoms with van der Waals surface area (Å²) in [5.41, 5.74) is 8.85. The van der Waals surface area contributed by atoms with Gasteiger partial charge in [-0.3, -0.25) is 4.79 Å². The van der Waals surface area contributed by atoms with Gasteiger partial charge in [0.1, 0.15) is 6.54 Å². The number of hydrogen-bond donors (Lipinski definition) is 2. The summed E-state index contributed by atoms with van der Waals surface area (Å²) < 4.78 is 0. The largest absolute Gasteiger partial charge is 0.399 e. The Morgan fingerprint density at radius 3 is 2.11 bits per heavy atom. The van der Waals surface area contributed by atoms with E-state index >= 15 is 0 Å². The van der Waals surface area contributed by atoms with E-state index in [2.05, 4.69) is 47.6 Å². The number of anilines is 1. The monoisotopic (exact) mass is 392 g/mol. The van der Waals surface area contributed by atoms with Crippen molar-refractivity contribution in [2.45, 2.75) is 74.8 Å². The van der Waals surface area contributed by atoms with E-state index in [-0.39, 0.29) is 0 Å². The van der Waals surface area contributed by atoms with Crippen LogP contribution in [0.1, 0.15) is 73.8 Å². The topological polar surface area (TPSA) is 50.8 Å². The molecule has 1 aliphatic heterocycles. The van der Waals surface area contributed by atoms with Crippen LogP contribution in [0.3, 0.4) is 0 Å². The molecular formula is C24H46N3O+. The Morgan fingerprint density at radius 1 is 1.04 bits per heavy atom. The van der Waals surface area contributed by atoms with Crippen molar-refractivity contribution in [2.24, 2.45) is 10.8 Å². The zero-order valence-electron chi connectivity index (χ0n) is 19.8. The minimum Gasteiger partial charge on any atom is -0.399 e. The first-order chi connectivity index (χ1) is 13.0. The van der Waals surface area contributed by atoms with Crippen LogP contribution >= 0.6 is 0 Å². The van der Waals surface area contributed by atoms with Gasteiger partial charge in [0.2, 0.25) is 6.41 Å². The summed E-state index contributed by atoms with van der Waals surface area (Å²) in [5, 5.41) is 0. The van der Waals surface area contributed by atoms with Gasteiger partial charge in [-0.25, -0.2) is 0 Å². The van der Waals surface area contributed by atoms with Crippen molar-refractivity contribution in [3.05, 3.63) is 29.8 Å². The third-order valence-electron chi connectivity index (χ3n) is 4.34. The van der Waals surface area contributed by atoms with E-state index in [9.17, 15) is 4.79 Å². The second-order valence-electron chi connectivity index (χ2n) is 9.96. The van der Waals surface area contributed by atoms with Crippen molar-refractivity contribution in [3.8, 4) is 0 Å². The van der Waals surface area contributed by atoms with Gasteiger partial charge in [-0.15, -0.1) is 0 Å². The average Bonchev–Trinajstić information content (AvgIpc) is 2.79. The lowest BCUT2D eigenvalue weighted by atomic mass is 9.78. The fourth-order valence-corrected chi connectivity index (χ4v) is 3.94. The Hall–Kier alpha value is -1.55. The Bertz CT molecular complexity index is 532. The van der Waals surface area contributed by atoms with Crippen molar-refractivity contribution in [1.29, 1.82) is 0 Å². The maximum absolute atomic E-state index is 10.7. The van der Waals surface area contributed by atoms with Crippen LogP contribution in [0.15, 0.2) is 24.3 Å². The second kappa shape index (κ2) is 12.8. The quantitative estimate of drug-likeness (QED) is 0.603. The number of benzene rings is 1. The third-order valence-corrected chi connectivity index (χ3v) is 4.34. The molecule has 1 unspecified atom stereocenters. The smallest absolute Gasteiger partial charge is 0.209 e. The van der Waals surface area contributed by atoms with Gasteiger partial charge in [0.25, 0.3) is 0 Å². The van der Waals surface area contributed by atoms with Crippen molar-refractivity contribution in [2.75, 3.05) is 31.9 Å². The fraction of sp³-hybridized carbons (Fsp3) is 0.708. The Morgan fingerprint density at radius 2 is 1.64 bits per heavy atom. The van der Waals surface area contributed by atoms with Crippen LogP contribution in [0, 0.1) is 10.8 Å². The molecule has 0 aromatic heterocycles. The summed E-state index contributed by atoms with van der Waals surface area (Å²) in [5.74, 6) is 0. The molecule has 1 aliphatic rings. The van der Waals surface area contributed by atoms with Crippen molar-refractivity contribution >= 4 is 12.1 Å². The first-order valence-electron chi connectivity index (χ1n) is 10.9. The highest BCUT2D eigenvalue weighted by molar-refractivity contribution is 5.46. The lowest BCUT2D eigenvalue weighted by Gasteiger charge is -2.28. The Kier molecular flexibility index (Phi) is 12.1. The molecule has 0 saturated carbocycles. The van der Waals surface area contributed by atoms with Crippen LogP contribution in [-0.4, -0.2) is 37.5 Å². The zero-order valence-corrected chi connectivity index (χ0v) is 19.8. The van der Waals surface area contributed by atoms with Gasteiger partial charge in [0.05, 0.1) is 19.6 Å². The predicted octanol–water partition coefficient (Wildman–Crippen LogP) is 4.01. The van der Waals surface area contributed by atoms with Gasteiger partial charge in [-0.05, 0) is 29.4 Å². The maximum Gasteiger partial charge on any atom is 0.209 e. The van der Waals surface area contributed by atoms with E-state index < -0.39 is 0 Å². The van der Waals surface area contributed by atoms with Crippen LogP contribution in [0.2, 0.25) is 0 Å². The maximum atomic E-state index is 10.7. The summed E-state index contributed by atoms with van der Waals surface area (Å²) in [7, 11) is 0. The molecule has 1 saturated heterocycles. The Balaban J connectivity index is 0.000000566. The molecule has 0 spiro atoms. The number of amides is 1. The molecule has 1 amide bonds. The fourth-order valence-electron chi connectivity index (χ4n) is 3.94. The van der Waals surface area contributed by atoms with E-state index in [1.807, 2.05) is 36.9 Å². The average molecular weight is 393 g/mol. The zero-order chi connectivity index (χ0) is 21.8. The van der Waals surface area contributed by atoms with E-state index in [0.29, 0.717) is 10.8 Å². The van der Waals surface area contributed by atoms with Gasteiger partial charge >= 0.3 is 0 Å². The molecule has 1 atom stereocenters. The van der Waals surface area contributed by atoms with Crippen molar-refractivity contribution < 1.29 is 9.69 Å². The minimum absolute atomic E-state index is 0.484. The van der Waals surface area contributed by atoms with Crippen molar-refractivity contribution in [3.63, 3.8) is 0 Å². The molecule has 162 valence electrons. The molecule has 28 heavy (non-hydrogen) atoms. The normalized spacial score (nSPS) is 17.4. The summed E-state index contributed by atoms with van der Waals surface area (Å²) in [6.45, 7) is 22.6. The number of nitrogen functional groups attached to an aromatic ring is 1. The van der Waals surface area contributed by atoms with Crippen LogP contribution < -0.4 is 10.6 Å². The van der Waals surface area contributed by atoms with Crippen LogP contribution in [0.5, 0.6) is 0 Å². The van der Waals surface area contributed by atoms with Crippen LogP contribution in [0.25, 0.3) is 0 Å². The van der Waals surface area contributed by atoms with Gasteiger partial charge in [-0.1, -0.05) is 67.5 Å². The molecule has 4 nitrogen and oxygen atoms in total. The summed E-state index contributed by atoms with van der Waals surface area (Å²) in [6.07, 6.45) is 3.33.